The first-order valence-corrected chi connectivity index (χ1v) is 17.5. The van der Waals surface area contributed by atoms with E-state index in [2.05, 4.69) is 16.1 Å². The number of cyclic esters (lactones) is 1. The van der Waals surface area contributed by atoms with Crippen LogP contribution >= 0.6 is 0 Å². The zero-order valence-electron chi connectivity index (χ0n) is 29.3. The Morgan fingerprint density at radius 2 is 1.65 bits per heavy atom. The number of ether oxygens (including phenoxy) is 2. The predicted molar refractivity (Wildman–Crippen MR) is 183 cm³/mol. The summed E-state index contributed by atoms with van der Waals surface area (Å²) in [4.78, 5) is 71.7. The molecule has 5 bridgehead atoms. The molecule has 3 aliphatic rings. The molecule has 3 heterocycles. The Balaban J connectivity index is 1.51. The summed E-state index contributed by atoms with van der Waals surface area (Å²) in [7, 11) is 0. The van der Waals surface area contributed by atoms with Crippen molar-refractivity contribution in [2.45, 2.75) is 110 Å². The number of nitrogens with zero attached hydrogens (tertiary/aromatic N) is 2. The largest absolute Gasteiger partial charge is 0.462 e. The molecule has 49 heavy (non-hydrogen) atoms. The van der Waals surface area contributed by atoms with Crippen molar-refractivity contribution in [2.24, 2.45) is 17.3 Å². The van der Waals surface area contributed by atoms with E-state index in [4.69, 9.17) is 14.5 Å². The third-order valence-corrected chi connectivity index (χ3v) is 9.72. The maximum atomic E-state index is 14.2. The Bertz CT molecular complexity index is 1610. The zero-order valence-corrected chi connectivity index (χ0v) is 29.3. The summed E-state index contributed by atoms with van der Waals surface area (Å²) in [5, 5.41) is 8.07. The first kappa shape index (κ1) is 36.0. The van der Waals surface area contributed by atoms with Crippen LogP contribution in [0.5, 0.6) is 0 Å². The second-order valence-corrected chi connectivity index (χ2v) is 14.3. The highest BCUT2D eigenvalue weighted by atomic mass is 16.6. The summed E-state index contributed by atoms with van der Waals surface area (Å²) in [5.74, 6) is -2.71. The summed E-state index contributed by atoms with van der Waals surface area (Å²) < 4.78 is 11.7. The number of pyridine rings is 1. The van der Waals surface area contributed by atoms with E-state index in [0.717, 1.165) is 16.5 Å². The number of hydrazine groups is 1. The lowest BCUT2D eigenvalue weighted by Gasteiger charge is -2.37. The van der Waals surface area contributed by atoms with Gasteiger partial charge in [0.25, 0.3) is 11.8 Å². The number of benzene rings is 1. The van der Waals surface area contributed by atoms with Crippen LogP contribution < -0.4 is 16.1 Å². The number of esters is 2. The fourth-order valence-electron chi connectivity index (χ4n) is 6.55. The standard InChI is InChI=1S/C37H49N5O7/c1-21(2)31-33(44)39-24(6)34(45)42-19-7-8-29(41-42)32(43)38-23(5)28-12-11-26-10-9-25(20-30(26)40-28)13-16-37(36(47)49-31)17-14-27(15-18-37)48-35(46)22(3)4/h9-13,16,20-24,27,29,31,41H,7-8,14-15,17-19H2,1-6H3,(H,38,43)(H,39,44)/b16-13+/t23-,24+,27?,29+,31+,37?/m1/s1. The lowest BCUT2D eigenvalue weighted by molar-refractivity contribution is -0.170. The summed E-state index contributed by atoms with van der Waals surface area (Å²) in [6.07, 6.45) is 4.99. The van der Waals surface area contributed by atoms with Crippen molar-refractivity contribution in [1.82, 2.24) is 26.1 Å². The van der Waals surface area contributed by atoms with E-state index >= 15 is 0 Å². The molecule has 12 heteroatoms. The molecule has 264 valence electrons. The number of carbonyl (C=O) groups excluding carboxylic acids is 5. The number of fused-ring (bicyclic) bond motifs is 4. The highest BCUT2D eigenvalue weighted by Gasteiger charge is 2.44. The Labute approximate surface area is 287 Å². The van der Waals surface area contributed by atoms with Crippen molar-refractivity contribution in [3.05, 3.63) is 47.7 Å². The van der Waals surface area contributed by atoms with E-state index in [1.165, 1.54) is 5.01 Å². The third kappa shape index (κ3) is 8.29. The van der Waals surface area contributed by atoms with E-state index in [0.29, 0.717) is 50.8 Å². The quantitative estimate of drug-likeness (QED) is 0.407. The second kappa shape index (κ2) is 15.1. The van der Waals surface area contributed by atoms with Gasteiger partial charge in [-0.05, 0) is 76.0 Å². The van der Waals surface area contributed by atoms with E-state index < -0.39 is 47.4 Å². The third-order valence-electron chi connectivity index (χ3n) is 9.72. The van der Waals surface area contributed by atoms with Gasteiger partial charge in [-0.25, -0.2) is 5.43 Å². The average molecular weight is 676 g/mol. The number of aromatic nitrogens is 1. The Morgan fingerprint density at radius 1 is 0.959 bits per heavy atom. The maximum Gasteiger partial charge on any atom is 0.316 e. The SMILES string of the molecule is CC(C)C(=O)OC1CCC2(/C=C/c3ccc4ccc(nc4c3)[C@@H](C)NC(=O)[C@@H]3CCCN(N3)C(=O)[C@H](C)NC(=O)[C@H](C(C)C)OC2=O)CC1. The Morgan fingerprint density at radius 3 is 2.35 bits per heavy atom. The van der Waals surface area contributed by atoms with Crippen LogP contribution in [0.25, 0.3) is 17.0 Å². The van der Waals surface area contributed by atoms with Gasteiger partial charge in [0.1, 0.15) is 18.2 Å². The van der Waals surface area contributed by atoms with Gasteiger partial charge < -0.3 is 20.1 Å². The molecule has 1 aromatic carbocycles. The topological polar surface area (TPSA) is 156 Å². The van der Waals surface area contributed by atoms with Gasteiger partial charge in [-0.1, -0.05) is 58.0 Å². The van der Waals surface area contributed by atoms with Gasteiger partial charge >= 0.3 is 11.9 Å². The summed E-state index contributed by atoms with van der Waals surface area (Å²) in [6, 6.07) is 7.68. The molecule has 0 unspecified atom stereocenters. The van der Waals surface area contributed by atoms with Crippen LogP contribution in [0.3, 0.4) is 0 Å². The molecule has 1 saturated carbocycles. The fraction of sp³-hybridized carbons (Fsp3) is 0.568. The van der Waals surface area contributed by atoms with Crippen LogP contribution in [0.1, 0.15) is 97.4 Å². The average Bonchev–Trinajstić information content (AvgIpc) is 3.08. The minimum atomic E-state index is -1.16. The molecule has 1 saturated heterocycles. The maximum absolute atomic E-state index is 14.2. The molecule has 3 N–H and O–H groups in total. The molecular weight excluding hydrogens is 626 g/mol. The van der Waals surface area contributed by atoms with Crippen molar-refractivity contribution in [3.8, 4) is 0 Å². The summed E-state index contributed by atoms with van der Waals surface area (Å²) >= 11 is 0. The van der Waals surface area contributed by atoms with Crippen molar-refractivity contribution in [3.63, 3.8) is 0 Å². The number of nitrogens with one attached hydrogen (secondary N) is 3. The van der Waals surface area contributed by atoms with Gasteiger partial charge in [-0.15, -0.1) is 0 Å². The van der Waals surface area contributed by atoms with Crippen LogP contribution in [-0.2, 0) is 33.4 Å². The lowest BCUT2D eigenvalue weighted by atomic mass is 9.72. The van der Waals surface area contributed by atoms with Crippen LogP contribution in [0.15, 0.2) is 36.4 Å². The van der Waals surface area contributed by atoms with Crippen molar-refractivity contribution >= 4 is 46.6 Å². The van der Waals surface area contributed by atoms with Crippen LogP contribution in [0.4, 0.5) is 0 Å². The summed E-state index contributed by atoms with van der Waals surface area (Å²) in [6.45, 7) is 10.9. The minimum absolute atomic E-state index is 0.253. The summed E-state index contributed by atoms with van der Waals surface area (Å²) in [5.41, 5.74) is 4.19. The first-order valence-electron chi connectivity index (χ1n) is 17.5. The number of carbonyl (C=O) groups is 5. The number of hydrogen-bond donors (Lipinski definition) is 3. The molecule has 2 aliphatic heterocycles. The monoisotopic (exact) mass is 675 g/mol. The lowest BCUT2D eigenvalue weighted by Crippen LogP contribution is -2.61. The molecule has 12 nitrogen and oxygen atoms in total. The van der Waals surface area contributed by atoms with Crippen LogP contribution in [-0.4, -0.2) is 70.5 Å². The van der Waals surface area contributed by atoms with Gasteiger partial charge in [-0.3, -0.25) is 34.0 Å². The molecule has 1 spiro atoms. The van der Waals surface area contributed by atoms with Gasteiger partial charge in [0.2, 0.25) is 5.91 Å². The molecule has 3 amide bonds. The molecule has 2 aromatic rings. The van der Waals surface area contributed by atoms with Gasteiger partial charge in [-0.2, -0.15) is 0 Å². The highest BCUT2D eigenvalue weighted by molar-refractivity contribution is 5.92. The smallest absolute Gasteiger partial charge is 0.316 e. The number of hydrogen-bond acceptors (Lipinski definition) is 9. The highest BCUT2D eigenvalue weighted by Crippen LogP contribution is 2.41. The van der Waals surface area contributed by atoms with E-state index in [9.17, 15) is 24.0 Å². The predicted octanol–water partition coefficient (Wildman–Crippen LogP) is 4.14. The van der Waals surface area contributed by atoms with E-state index in [-0.39, 0.29) is 29.8 Å². The molecular formula is C37H49N5O7. The van der Waals surface area contributed by atoms with Gasteiger partial charge in [0.15, 0.2) is 6.10 Å². The van der Waals surface area contributed by atoms with Crippen LogP contribution in [0.2, 0.25) is 0 Å². The van der Waals surface area contributed by atoms with Gasteiger partial charge in [0, 0.05) is 11.9 Å². The molecule has 1 aromatic heterocycles. The normalized spacial score (nSPS) is 29.5. The van der Waals surface area contributed by atoms with Crippen LogP contribution in [0, 0.1) is 17.3 Å². The first-order chi connectivity index (χ1) is 23.3. The Kier molecular flexibility index (Phi) is 11.1. The fourth-order valence-corrected chi connectivity index (χ4v) is 6.55. The van der Waals surface area contributed by atoms with Crippen molar-refractivity contribution in [2.75, 3.05) is 6.54 Å². The van der Waals surface area contributed by atoms with Crippen molar-refractivity contribution in [1.29, 1.82) is 0 Å². The number of rotatable bonds is 3. The molecule has 2 fully saturated rings. The molecule has 1 aliphatic carbocycles. The Hall–Kier alpha value is -4.32. The number of amides is 3. The molecule has 4 atom stereocenters. The van der Waals surface area contributed by atoms with E-state index in [1.54, 1.807) is 34.6 Å². The van der Waals surface area contributed by atoms with E-state index in [1.807, 2.05) is 49.4 Å². The van der Waals surface area contributed by atoms with Gasteiger partial charge in [0.05, 0.1) is 28.6 Å². The second-order valence-electron chi connectivity index (χ2n) is 14.3. The minimum Gasteiger partial charge on any atom is -0.462 e. The molecule has 0 radical (unpaired) electrons. The van der Waals surface area contributed by atoms with Crippen molar-refractivity contribution < 1.29 is 33.4 Å². The molecule has 5 rings (SSSR count). The zero-order chi connectivity index (χ0) is 35.5.